The molecule has 1 aliphatic carbocycles. The van der Waals surface area contributed by atoms with E-state index in [0.717, 1.165) is 37.2 Å². The molecule has 10 heteroatoms. The van der Waals surface area contributed by atoms with Crippen molar-refractivity contribution in [3.05, 3.63) is 35.9 Å². The van der Waals surface area contributed by atoms with Crippen molar-refractivity contribution in [2.24, 2.45) is 15.0 Å². The van der Waals surface area contributed by atoms with E-state index in [-0.39, 0.29) is 5.91 Å². The number of aliphatic imine (C=N–C) groups is 3. The Morgan fingerprint density at radius 3 is 2.90 bits per heavy atom. The largest absolute Gasteiger partial charge is 0.491 e. The molecule has 0 aromatic carbocycles. The maximum atomic E-state index is 12.6. The minimum absolute atomic E-state index is 0.113. The molecular formula is C21H32N6O3S. The lowest BCUT2D eigenvalue weighted by atomic mass is 9.99. The van der Waals surface area contributed by atoms with Gasteiger partial charge >= 0.3 is 0 Å². The minimum Gasteiger partial charge on any atom is -0.491 e. The maximum absolute atomic E-state index is 12.6. The molecule has 0 fully saturated rings. The van der Waals surface area contributed by atoms with Gasteiger partial charge in [-0.2, -0.15) is 0 Å². The smallest absolute Gasteiger partial charge is 0.244 e. The van der Waals surface area contributed by atoms with Crippen molar-refractivity contribution in [1.29, 1.82) is 0 Å². The number of thiol groups is 1. The maximum Gasteiger partial charge on any atom is 0.244 e. The first kappa shape index (κ1) is 24.5. The van der Waals surface area contributed by atoms with Gasteiger partial charge < -0.3 is 19.5 Å². The van der Waals surface area contributed by atoms with Crippen LogP contribution in [0.1, 0.15) is 39.0 Å². The van der Waals surface area contributed by atoms with Crippen molar-refractivity contribution in [2.45, 2.75) is 45.1 Å². The fourth-order valence-electron chi connectivity index (χ4n) is 3.16. The fourth-order valence-corrected chi connectivity index (χ4v) is 3.33. The molecule has 1 amide bonds. The van der Waals surface area contributed by atoms with Gasteiger partial charge in [-0.3, -0.25) is 19.7 Å². The molecule has 1 atom stereocenters. The van der Waals surface area contributed by atoms with Gasteiger partial charge in [-0.05, 0) is 25.3 Å². The predicted molar refractivity (Wildman–Crippen MR) is 127 cm³/mol. The number of hydrogen-bond donors (Lipinski definition) is 3. The SMILES string of the molecule is C=CN(C=NC)C(=NC=NC(CCC)C(=O)NCCC1=CC2=C(CC1)OCCO2)NS. The number of amides is 1. The van der Waals surface area contributed by atoms with E-state index in [1.165, 1.54) is 24.5 Å². The first-order valence-corrected chi connectivity index (χ1v) is 10.9. The standard InChI is InChI=1S/C21H32N6O3S/c1-4-6-17(24-14-25-21(26-31)27(5-2)15-22-3)20(28)23-10-9-16-7-8-18-19(13-16)30-12-11-29-18/h5,13-15,17,31H,2,4,6-12H2,1,3H3,(H,23,28)(H,24,25,26). The first-order chi connectivity index (χ1) is 15.1. The van der Waals surface area contributed by atoms with Crippen LogP contribution in [0.25, 0.3) is 0 Å². The van der Waals surface area contributed by atoms with Gasteiger partial charge in [-0.1, -0.05) is 38.3 Å². The molecule has 1 aliphatic heterocycles. The summed E-state index contributed by atoms with van der Waals surface area (Å²) in [4.78, 5) is 26.6. The third-order valence-corrected chi connectivity index (χ3v) is 4.92. The van der Waals surface area contributed by atoms with Crippen molar-refractivity contribution in [2.75, 3.05) is 26.8 Å². The van der Waals surface area contributed by atoms with Gasteiger partial charge in [-0.25, -0.2) is 4.99 Å². The lowest BCUT2D eigenvalue weighted by Gasteiger charge is -2.25. The van der Waals surface area contributed by atoms with Crippen LogP contribution >= 0.6 is 12.8 Å². The summed E-state index contributed by atoms with van der Waals surface area (Å²) in [5.41, 5.74) is 1.25. The van der Waals surface area contributed by atoms with Crippen LogP contribution in [0.2, 0.25) is 0 Å². The lowest BCUT2D eigenvalue weighted by Crippen LogP contribution is -2.35. The van der Waals surface area contributed by atoms with Crippen LogP contribution in [0.15, 0.2) is 50.9 Å². The second kappa shape index (κ2) is 13.5. The number of carbonyl (C=O) groups is 1. The number of ether oxygens (including phenoxy) is 2. The Balaban J connectivity index is 1.90. The summed E-state index contributed by atoms with van der Waals surface area (Å²) in [6.07, 6.45) is 10.5. The number of allylic oxidation sites excluding steroid dienone is 2. The number of carbonyl (C=O) groups excluding carboxylic acids is 1. The molecule has 0 radical (unpaired) electrons. The summed E-state index contributed by atoms with van der Waals surface area (Å²) in [5, 5.41) is 2.98. The van der Waals surface area contributed by atoms with Gasteiger partial charge in [-0.15, -0.1) is 0 Å². The zero-order valence-electron chi connectivity index (χ0n) is 18.2. The zero-order chi connectivity index (χ0) is 22.5. The van der Waals surface area contributed by atoms with Crippen LogP contribution in [0, 0.1) is 0 Å². The van der Waals surface area contributed by atoms with E-state index in [9.17, 15) is 4.79 Å². The summed E-state index contributed by atoms with van der Waals surface area (Å²) in [5.74, 6) is 2.03. The lowest BCUT2D eigenvalue weighted by molar-refractivity contribution is -0.122. The van der Waals surface area contributed by atoms with E-state index in [2.05, 4.69) is 44.4 Å². The zero-order valence-corrected chi connectivity index (χ0v) is 19.1. The van der Waals surface area contributed by atoms with E-state index in [0.29, 0.717) is 32.1 Å². The fraction of sp³-hybridized carbons (Fsp3) is 0.524. The Bertz CT molecular complexity index is 775. The molecule has 9 nitrogen and oxygen atoms in total. The van der Waals surface area contributed by atoms with Crippen LogP contribution in [0.4, 0.5) is 0 Å². The molecule has 170 valence electrons. The third kappa shape index (κ3) is 7.78. The molecule has 0 saturated heterocycles. The minimum atomic E-state index is -0.503. The quantitative estimate of drug-likeness (QED) is 0.271. The van der Waals surface area contributed by atoms with Gasteiger partial charge in [0.15, 0.2) is 5.76 Å². The summed E-state index contributed by atoms with van der Waals surface area (Å²) < 4.78 is 13.9. The highest BCUT2D eigenvalue weighted by Crippen LogP contribution is 2.29. The molecule has 0 spiro atoms. The molecule has 0 aromatic rings. The van der Waals surface area contributed by atoms with Crippen LogP contribution in [0.5, 0.6) is 0 Å². The van der Waals surface area contributed by atoms with Crippen LogP contribution < -0.4 is 10.0 Å². The molecule has 1 heterocycles. The van der Waals surface area contributed by atoms with Crippen molar-refractivity contribution >= 4 is 37.4 Å². The normalized spacial score (nSPS) is 17.5. The van der Waals surface area contributed by atoms with E-state index in [1.54, 1.807) is 11.9 Å². The van der Waals surface area contributed by atoms with Gasteiger partial charge in [0.05, 0.1) is 6.34 Å². The number of rotatable bonds is 10. The van der Waals surface area contributed by atoms with Crippen molar-refractivity contribution < 1.29 is 14.3 Å². The van der Waals surface area contributed by atoms with E-state index < -0.39 is 6.04 Å². The second-order valence-electron chi connectivity index (χ2n) is 6.93. The molecule has 2 N–H and O–H groups in total. The van der Waals surface area contributed by atoms with Crippen LogP contribution in [-0.4, -0.2) is 62.3 Å². The van der Waals surface area contributed by atoms with Gasteiger partial charge in [0.2, 0.25) is 11.9 Å². The highest BCUT2D eigenvalue weighted by molar-refractivity contribution is 7.78. The highest BCUT2D eigenvalue weighted by atomic mass is 32.1. The highest BCUT2D eigenvalue weighted by Gasteiger charge is 2.20. The average molecular weight is 449 g/mol. The summed E-state index contributed by atoms with van der Waals surface area (Å²) in [7, 11) is 1.64. The Labute approximate surface area is 189 Å². The Kier molecular flexibility index (Phi) is 10.7. The van der Waals surface area contributed by atoms with E-state index >= 15 is 0 Å². The molecular weight excluding hydrogens is 416 g/mol. The first-order valence-electron chi connectivity index (χ1n) is 10.4. The number of hydrogen-bond acceptors (Lipinski definition) is 6. The molecule has 31 heavy (non-hydrogen) atoms. The Morgan fingerprint density at radius 1 is 1.39 bits per heavy atom. The third-order valence-electron chi connectivity index (χ3n) is 4.72. The molecule has 0 saturated carbocycles. The summed E-state index contributed by atoms with van der Waals surface area (Å²) >= 11 is 4.04. The van der Waals surface area contributed by atoms with Gasteiger partial charge in [0.1, 0.15) is 31.4 Å². The Morgan fingerprint density at radius 2 is 2.19 bits per heavy atom. The van der Waals surface area contributed by atoms with Crippen molar-refractivity contribution in [3.8, 4) is 0 Å². The predicted octanol–water partition coefficient (Wildman–Crippen LogP) is 2.56. The molecule has 0 aromatic heterocycles. The average Bonchev–Trinajstić information content (AvgIpc) is 2.79. The Hall–Kier alpha value is -2.75. The van der Waals surface area contributed by atoms with Crippen LogP contribution in [0.3, 0.4) is 0 Å². The molecule has 1 unspecified atom stereocenters. The summed E-state index contributed by atoms with van der Waals surface area (Å²) in [6.45, 7) is 7.46. The number of nitrogens with zero attached hydrogens (tertiary/aromatic N) is 4. The van der Waals surface area contributed by atoms with Crippen LogP contribution in [-0.2, 0) is 14.3 Å². The van der Waals surface area contributed by atoms with Crippen molar-refractivity contribution in [1.82, 2.24) is 14.9 Å². The summed E-state index contributed by atoms with van der Waals surface area (Å²) in [6, 6.07) is -0.503. The topological polar surface area (TPSA) is 99.9 Å². The van der Waals surface area contributed by atoms with Crippen molar-refractivity contribution in [3.63, 3.8) is 0 Å². The molecule has 2 aliphatic rings. The number of guanidine groups is 1. The second-order valence-corrected chi connectivity index (χ2v) is 7.15. The van der Waals surface area contributed by atoms with Gasteiger partial charge in [0, 0.05) is 26.2 Å². The van der Waals surface area contributed by atoms with Gasteiger partial charge in [0.25, 0.3) is 0 Å². The molecule has 0 bridgehead atoms. The molecule has 2 rings (SSSR count). The monoisotopic (exact) mass is 448 g/mol. The number of nitrogens with one attached hydrogen (secondary N) is 2. The van der Waals surface area contributed by atoms with E-state index in [4.69, 9.17) is 9.47 Å². The van der Waals surface area contributed by atoms with E-state index in [1.807, 2.05) is 13.0 Å².